The first-order valence-corrected chi connectivity index (χ1v) is 9.80. The normalized spacial score (nSPS) is 10.9. The maximum atomic E-state index is 13.8. The van der Waals surface area contributed by atoms with Crippen molar-refractivity contribution in [3.63, 3.8) is 0 Å². The van der Waals surface area contributed by atoms with Crippen molar-refractivity contribution in [3.05, 3.63) is 108 Å². The van der Waals surface area contributed by atoms with E-state index in [-0.39, 0.29) is 5.56 Å². The number of hydrogen-bond donors (Lipinski definition) is 1. The van der Waals surface area contributed by atoms with Crippen LogP contribution in [0.3, 0.4) is 0 Å². The van der Waals surface area contributed by atoms with Crippen LogP contribution in [0.25, 0.3) is 33.7 Å². The van der Waals surface area contributed by atoms with Crippen LogP contribution in [-0.4, -0.2) is 10.9 Å². The Morgan fingerprint density at radius 3 is 2.23 bits per heavy atom. The molecule has 31 heavy (non-hydrogen) atoms. The van der Waals surface area contributed by atoms with Crippen LogP contribution >= 0.6 is 0 Å². The number of aromatic nitrogens is 1. The van der Waals surface area contributed by atoms with Crippen LogP contribution in [0.1, 0.15) is 10.4 Å². The van der Waals surface area contributed by atoms with E-state index in [9.17, 15) is 9.18 Å². The second-order valence-corrected chi connectivity index (χ2v) is 7.08. The van der Waals surface area contributed by atoms with Gasteiger partial charge in [-0.25, -0.2) is 9.37 Å². The molecule has 0 saturated heterocycles. The Balaban J connectivity index is 1.39. The first-order chi connectivity index (χ1) is 15.2. The van der Waals surface area contributed by atoms with E-state index >= 15 is 0 Å². The summed E-state index contributed by atoms with van der Waals surface area (Å²) in [6.07, 6.45) is 0. The van der Waals surface area contributed by atoms with Crippen LogP contribution in [0.5, 0.6) is 0 Å². The molecule has 1 amide bonds. The molecule has 0 bridgehead atoms. The summed E-state index contributed by atoms with van der Waals surface area (Å²) in [6.45, 7) is 0. The van der Waals surface area contributed by atoms with E-state index in [4.69, 9.17) is 4.42 Å². The Labute approximate surface area is 178 Å². The Bertz CT molecular complexity index is 1380. The summed E-state index contributed by atoms with van der Waals surface area (Å²) < 4.78 is 19.7. The summed E-state index contributed by atoms with van der Waals surface area (Å²) in [6, 6.07) is 29.1. The van der Waals surface area contributed by atoms with E-state index in [1.165, 1.54) is 12.1 Å². The summed E-state index contributed by atoms with van der Waals surface area (Å²) >= 11 is 0. The first kappa shape index (κ1) is 18.8. The third-order valence-corrected chi connectivity index (χ3v) is 5.00. The number of nitrogens with zero attached hydrogens (tertiary/aromatic N) is 1. The summed E-state index contributed by atoms with van der Waals surface area (Å²) in [4.78, 5) is 16.9. The molecule has 0 saturated carbocycles. The number of carbonyl (C=O) groups is 1. The molecule has 0 fully saturated rings. The largest absolute Gasteiger partial charge is 0.436 e. The lowest BCUT2D eigenvalue weighted by molar-refractivity contribution is 0.102. The molecular weight excluding hydrogens is 391 g/mol. The number of fused-ring (bicyclic) bond motifs is 1. The van der Waals surface area contributed by atoms with Crippen molar-refractivity contribution in [2.75, 3.05) is 5.32 Å². The van der Waals surface area contributed by atoms with Gasteiger partial charge in [0.05, 0.1) is 5.56 Å². The summed E-state index contributed by atoms with van der Waals surface area (Å²) in [5.74, 6) is -0.589. The van der Waals surface area contributed by atoms with E-state index < -0.39 is 11.7 Å². The average molecular weight is 408 g/mol. The molecule has 0 spiro atoms. The molecule has 1 aromatic heterocycles. The molecule has 4 nitrogen and oxygen atoms in total. The number of nitrogens with one attached hydrogen (secondary N) is 1. The molecule has 5 aromatic rings. The van der Waals surface area contributed by atoms with Gasteiger partial charge in [-0.2, -0.15) is 0 Å². The van der Waals surface area contributed by atoms with Crippen LogP contribution in [0.2, 0.25) is 0 Å². The lowest BCUT2D eigenvalue weighted by Crippen LogP contribution is -2.13. The highest BCUT2D eigenvalue weighted by Crippen LogP contribution is 2.28. The van der Waals surface area contributed by atoms with Gasteiger partial charge in [0.2, 0.25) is 5.89 Å². The minimum Gasteiger partial charge on any atom is -0.436 e. The van der Waals surface area contributed by atoms with Crippen molar-refractivity contribution < 1.29 is 13.6 Å². The van der Waals surface area contributed by atoms with Crippen LogP contribution < -0.4 is 5.32 Å². The number of carbonyl (C=O) groups excluding carboxylic acids is 1. The lowest BCUT2D eigenvalue weighted by atomic mass is 10.0. The van der Waals surface area contributed by atoms with Crippen LogP contribution in [0.4, 0.5) is 10.1 Å². The monoisotopic (exact) mass is 408 g/mol. The molecule has 0 aliphatic heterocycles. The summed E-state index contributed by atoms with van der Waals surface area (Å²) in [5, 5.41) is 2.71. The highest BCUT2D eigenvalue weighted by Gasteiger charge is 2.13. The van der Waals surface area contributed by atoms with Gasteiger partial charge in [-0.05, 0) is 53.6 Å². The fourth-order valence-electron chi connectivity index (χ4n) is 3.41. The van der Waals surface area contributed by atoms with Gasteiger partial charge in [0.15, 0.2) is 5.58 Å². The molecule has 4 aromatic carbocycles. The Morgan fingerprint density at radius 1 is 0.774 bits per heavy atom. The number of amides is 1. The third-order valence-electron chi connectivity index (χ3n) is 5.00. The second kappa shape index (κ2) is 7.88. The number of benzene rings is 4. The molecule has 1 N–H and O–H groups in total. The zero-order valence-electron chi connectivity index (χ0n) is 16.4. The highest BCUT2D eigenvalue weighted by atomic mass is 19.1. The highest BCUT2D eigenvalue weighted by molar-refractivity contribution is 6.05. The van der Waals surface area contributed by atoms with Gasteiger partial charge in [0.25, 0.3) is 5.91 Å². The lowest BCUT2D eigenvalue weighted by Gasteiger charge is -2.05. The smallest absolute Gasteiger partial charge is 0.258 e. The Morgan fingerprint density at radius 2 is 1.45 bits per heavy atom. The van der Waals surface area contributed by atoms with E-state index in [0.717, 1.165) is 16.7 Å². The molecule has 1 heterocycles. The number of rotatable bonds is 4. The van der Waals surface area contributed by atoms with Gasteiger partial charge in [-0.1, -0.05) is 54.6 Å². The molecule has 0 radical (unpaired) electrons. The molecule has 0 aliphatic carbocycles. The predicted octanol–water partition coefficient (Wildman–Crippen LogP) is 6.55. The zero-order chi connectivity index (χ0) is 21.2. The van der Waals surface area contributed by atoms with Crippen molar-refractivity contribution in [1.82, 2.24) is 4.98 Å². The number of anilines is 1. The number of halogens is 1. The number of oxazole rings is 1. The molecule has 5 rings (SSSR count). The SMILES string of the molecule is O=C(Nc1ccc2oc(-c3ccc(-c4ccccc4)cc3)nc2c1)c1ccccc1F. The van der Waals surface area contributed by atoms with E-state index in [1.54, 1.807) is 30.3 Å². The third kappa shape index (κ3) is 3.81. The maximum absolute atomic E-state index is 13.8. The van der Waals surface area contributed by atoms with Crippen molar-refractivity contribution in [2.45, 2.75) is 0 Å². The summed E-state index contributed by atoms with van der Waals surface area (Å²) in [5.41, 5.74) is 4.81. The zero-order valence-corrected chi connectivity index (χ0v) is 16.4. The van der Waals surface area contributed by atoms with Crippen molar-refractivity contribution >= 4 is 22.7 Å². The average Bonchev–Trinajstić information content (AvgIpc) is 3.23. The molecule has 0 aliphatic rings. The topological polar surface area (TPSA) is 55.1 Å². The Kier molecular flexibility index (Phi) is 4.77. The first-order valence-electron chi connectivity index (χ1n) is 9.80. The standard InChI is InChI=1S/C26H17FN2O2/c27-22-9-5-4-8-21(22)25(30)28-20-14-15-24-23(16-20)29-26(31-24)19-12-10-18(11-13-19)17-6-2-1-3-7-17/h1-16H,(H,28,30). The Hall–Kier alpha value is -4.25. The van der Waals surface area contributed by atoms with Gasteiger partial charge < -0.3 is 9.73 Å². The van der Waals surface area contributed by atoms with E-state index in [0.29, 0.717) is 22.7 Å². The minimum absolute atomic E-state index is 0.0121. The van der Waals surface area contributed by atoms with Crippen molar-refractivity contribution in [1.29, 1.82) is 0 Å². The van der Waals surface area contributed by atoms with Gasteiger partial charge in [-0.3, -0.25) is 4.79 Å². The van der Waals surface area contributed by atoms with Gasteiger partial charge in [-0.15, -0.1) is 0 Å². The van der Waals surface area contributed by atoms with Crippen LogP contribution in [0.15, 0.2) is 101 Å². The fraction of sp³-hybridized carbons (Fsp3) is 0. The maximum Gasteiger partial charge on any atom is 0.258 e. The van der Waals surface area contributed by atoms with Crippen molar-refractivity contribution in [3.8, 4) is 22.6 Å². The minimum atomic E-state index is -0.566. The molecule has 0 unspecified atom stereocenters. The quantitative estimate of drug-likeness (QED) is 0.367. The molecule has 0 atom stereocenters. The van der Waals surface area contributed by atoms with Crippen LogP contribution in [0, 0.1) is 5.82 Å². The predicted molar refractivity (Wildman–Crippen MR) is 119 cm³/mol. The van der Waals surface area contributed by atoms with E-state index in [1.807, 2.05) is 42.5 Å². The van der Waals surface area contributed by atoms with Gasteiger partial charge in [0.1, 0.15) is 11.3 Å². The fourth-order valence-corrected chi connectivity index (χ4v) is 3.41. The van der Waals surface area contributed by atoms with E-state index in [2.05, 4.69) is 22.4 Å². The molecular formula is C26H17FN2O2. The van der Waals surface area contributed by atoms with Crippen LogP contribution in [-0.2, 0) is 0 Å². The molecule has 5 heteroatoms. The van der Waals surface area contributed by atoms with Crippen molar-refractivity contribution in [2.24, 2.45) is 0 Å². The summed E-state index contributed by atoms with van der Waals surface area (Å²) in [7, 11) is 0. The van der Waals surface area contributed by atoms with Gasteiger partial charge in [0, 0.05) is 11.3 Å². The molecule has 150 valence electrons. The van der Waals surface area contributed by atoms with Gasteiger partial charge >= 0.3 is 0 Å². The second-order valence-electron chi connectivity index (χ2n) is 7.08. The number of hydrogen-bond acceptors (Lipinski definition) is 3.